The molecule has 4 nitrogen and oxygen atoms in total. The average molecular weight is 309 g/mol. The number of nitrogens with one attached hydrogen (secondary N) is 1. The fraction of sp³-hybridized carbons (Fsp3) is 0.0714. The maximum absolute atomic E-state index is 12.0. The number of nitrogens with zero attached hydrogens (tertiary/aromatic N) is 1. The molecule has 20 heavy (non-hydrogen) atoms. The van der Waals surface area contributed by atoms with Crippen molar-refractivity contribution in [3.05, 3.63) is 64.7 Å². The standard InChI is InChI=1S/C14H13ClN2O2S/c1-11-6-8-13(9-7-11)20(18,19)17-16-10-12-4-2-3-5-14(12)15/h2-10,17H,1H3. The molecule has 0 bridgehead atoms. The summed E-state index contributed by atoms with van der Waals surface area (Å²) in [5.41, 5.74) is 1.63. The fourth-order valence-electron chi connectivity index (χ4n) is 1.52. The molecule has 1 N–H and O–H groups in total. The van der Waals surface area contributed by atoms with Crippen LogP contribution in [0.3, 0.4) is 0 Å². The molecule has 0 amide bonds. The Morgan fingerprint density at radius 1 is 1.10 bits per heavy atom. The van der Waals surface area contributed by atoms with Crippen LogP contribution in [0.25, 0.3) is 0 Å². The number of hydrazone groups is 1. The SMILES string of the molecule is Cc1ccc(S(=O)(=O)NN=Cc2ccccc2Cl)cc1. The third-order valence-electron chi connectivity index (χ3n) is 2.61. The Kier molecular flexibility index (Phi) is 4.42. The Morgan fingerprint density at radius 3 is 2.40 bits per heavy atom. The summed E-state index contributed by atoms with van der Waals surface area (Å²) in [5, 5.41) is 4.23. The highest BCUT2D eigenvalue weighted by Gasteiger charge is 2.11. The number of rotatable bonds is 4. The van der Waals surface area contributed by atoms with Crippen molar-refractivity contribution in [1.29, 1.82) is 0 Å². The lowest BCUT2D eigenvalue weighted by Gasteiger charge is -2.03. The number of halogens is 1. The number of hydrogen-bond donors (Lipinski definition) is 1. The van der Waals surface area contributed by atoms with Gasteiger partial charge in [-0.3, -0.25) is 0 Å². The smallest absolute Gasteiger partial charge is 0.200 e. The van der Waals surface area contributed by atoms with Gasteiger partial charge in [-0.2, -0.15) is 13.5 Å². The van der Waals surface area contributed by atoms with Crippen LogP contribution in [-0.4, -0.2) is 14.6 Å². The van der Waals surface area contributed by atoms with Gasteiger partial charge < -0.3 is 0 Å². The second-order valence-corrected chi connectivity index (χ2v) is 6.26. The zero-order chi connectivity index (χ0) is 14.6. The maximum atomic E-state index is 12.0. The van der Waals surface area contributed by atoms with Crippen LogP contribution in [-0.2, 0) is 10.0 Å². The van der Waals surface area contributed by atoms with E-state index >= 15 is 0 Å². The Morgan fingerprint density at radius 2 is 1.75 bits per heavy atom. The summed E-state index contributed by atoms with van der Waals surface area (Å²) in [6, 6.07) is 13.5. The topological polar surface area (TPSA) is 58.5 Å². The number of benzene rings is 2. The Balaban J connectivity index is 2.14. The van der Waals surface area contributed by atoms with E-state index in [-0.39, 0.29) is 4.90 Å². The Labute approximate surface area is 123 Å². The molecule has 0 spiro atoms. The molecular formula is C14H13ClN2O2S. The van der Waals surface area contributed by atoms with Crippen LogP contribution in [0.4, 0.5) is 0 Å². The molecule has 0 fully saturated rings. The zero-order valence-electron chi connectivity index (χ0n) is 10.7. The van der Waals surface area contributed by atoms with Gasteiger partial charge in [0.15, 0.2) is 0 Å². The van der Waals surface area contributed by atoms with Crippen molar-refractivity contribution < 1.29 is 8.42 Å². The molecule has 0 aliphatic carbocycles. The first kappa shape index (κ1) is 14.6. The summed E-state index contributed by atoms with van der Waals surface area (Å²) in [4.78, 5) is 2.32. The van der Waals surface area contributed by atoms with Gasteiger partial charge in [-0.05, 0) is 25.1 Å². The molecule has 0 saturated heterocycles. The van der Waals surface area contributed by atoms with Gasteiger partial charge >= 0.3 is 0 Å². The Hall–Kier alpha value is -1.85. The van der Waals surface area contributed by atoms with Crippen LogP contribution in [0.15, 0.2) is 58.5 Å². The molecule has 104 valence electrons. The summed E-state index contributed by atoms with van der Waals surface area (Å²) in [6.45, 7) is 1.89. The maximum Gasteiger partial charge on any atom is 0.276 e. The lowest BCUT2D eigenvalue weighted by atomic mass is 10.2. The largest absolute Gasteiger partial charge is 0.276 e. The molecule has 0 heterocycles. The lowest BCUT2D eigenvalue weighted by molar-refractivity contribution is 0.584. The van der Waals surface area contributed by atoms with Crippen molar-refractivity contribution in [3.8, 4) is 0 Å². The van der Waals surface area contributed by atoms with Crippen LogP contribution in [0.1, 0.15) is 11.1 Å². The van der Waals surface area contributed by atoms with Crippen molar-refractivity contribution >= 4 is 27.8 Å². The first-order chi connectivity index (χ1) is 9.49. The van der Waals surface area contributed by atoms with E-state index in [1.165, 1.54) is 18.3 Å². The summed E-state index contributed by atoms with van der Waals surface area (Å²) in [7, 11) is -3.65. The van der Waals surface area contributed by atoms with Gasteiger partial charge in [0.1, 0.15) is 0 Å². The quantitative estimate of drug-likeness (QED) is 0.697. The number of aryl methyl sites for hydroxylation is 1. The van der Waals surface area contributed by atoms with Gasteiger partial charge in [-0.15, -0.1) is 0 Å². The second-order valence-electron chi connectivity index (χ2n) is 4.19. The molecular weight excluding hydrogens is 296 g/mol. The van der Waals surface area contributed by atoms with Crippen LogP contribution in [0.5, 0.6) is 0 Å². The molecule has 0 aliphatic heterocycles. The third kappa shape index (κ3) is 3.59. The van der Waals surface area contributed by atoms with Crippen molar-refractivity contribution in [3.63, 3.8) is 0 Å². The molecule has 2 rings (SSSR count). The molecule has 2 aromatic rings. The first-order valence-corrected chi connectivity index (χ1v) is 7.71. The lowest BCUT2D eigenvalue weighted by Crippen LogP contribution is -2.18. The van der Waals surface area contributed by atoms with Gasteiger partial charge in [0, 0.05) is 10.6 Å². The molecule has 0 aromatic heterocycles. The molecule has 0 radical (unpaired) electrons. The fourth-order valence-corrected chi connectivity index (χ4v) is 2.49. The van der Waals surface area contributed by atoms with E-state index in [0.29, 0.717) is 10.6 Å². The predicted molar refractivity (Wildman–Crippen MR) is 80.5 cm³/mol. The summed E-state index contributed by atoms with van der Waals surface area (Å²) in [6.07, 6.45) is 1.37. The van der Waals surface area contributed by atoms with E-state index in [4.69, 9.17) is 11.6 Å². The molecule has 0 unspecified atom stereocenters. The summed E-state index contributed by atoms with van der Waals surface area (Å²) < 4.78 is 23.9. The molecule has 6 heteroatoms. The summed E-state index contributed by atoms with van der Waals surface area (Å²) in [5.74, 6) is 0. The average Bonchev–Trinajstić information content (AvgIpc) is 2.41. The number of hydrogen-bond acceptors (Lipinski definition) is 3. The molecule has 0 aliphatic rings. The highest BCUT2D eigenvalue weighted by atomic mass is 35.5. The van der Waals surface area contributed by atoms with Crippen LogP contribution < -0.4 is 4.83 Å². The van der Waals surface area contributed by atoms with E-state index < -0.39 is 10.0 Å². The molecule has 0 atom stereocenters. The van der Waals surface area contributed by atoms with E-state index in [1.54, 1.807) is 36.4 Å². The Bertz CT molecular complexity index is 725. The van der Waals surface area contributed by atoms with E-state index in [0.717, 1.165) is 5.56 Å². The number of sulfonamides is 1. The predicted octanol–water partition coefficient (Wildman–Crippen LogP) is 2.96. The van der Waals surface area contributed by atoms with Crippen molar-refractivity contribution in [2.24, 2.45) is 5.10 Å². The van der Waals surface area contributed by atoms with Gasteiger partial charge in [0.05, 0.1) is 11.1 Å². The molecule has 2 aromatic carbocycles. The zero-order valence-corrected chi connectivity index (χ0v) is 12.3. The van der Waals surface area contributed by atoms with Gasteiger partial charge in [0.25, 0.3) is 10.0 Å². The highest BCUT2D eigenvalue weighted by Crippen LogP contribution is 2.13. The van der Waals surface area contributed by atoms with E-state index in [9.17, 15) is 8.42 Å². The van der Waals surface area contributed by atoms with Gasteiger partial charge in [-0.1, -0.05) is 47.5 Å². The van der Waals surface area contributed by atoms with Crippen LogP contribution in [0, 0.1) is 6.92 Å². The van der Waals surface area contributed by atoms with Crippen molar-refractivity contribution in [1.82, 2.24) is 4.83 Å². The van der Waals surface area contributed by atoms with E-state index in [2.05, 4.69) is 9.93 Å². The van der Waals surface area contributed by atoms with Crippen molar-refractivity contribution in [2.45, 2.75) is 11.8 Å². The third-order valence-corrected chi connectivity index (χ3v) is 4.20. The minimum absolute atomic E-state index is 0.166. The highest BCUT2D eigenvalue weighted by molar-refractivity contribution is 7.89. The van der Waals surface area contributed by atoms with Gasteiger partial charge in [0.2, 0.25) is 0 Å². The van der Waals surface area contributed by atoms with Gasteiger partial charge in [-0.25, -0.2) is 4.83 Å². The van der Waals surface area contributed by atoms with Crippen molar-refractivity contribution in [2.75, 3.05) is 0 Å². The second kappa shape index (κ2) is 6.07. The minimum Gasteiger partial charge on any atom is -0.200 e. The van der Waals surface area contributed by atoms with E-state index in [1.807, 2.05) is 6.92 Å². The van der Waals surface area contributed by atoms with Crippen LogP contribution >= 0.6 is 11.6 Å². The first-order valence-electron chi connectivity index (χ1n) is 5.85. The normalized spacial score (nSPS) is 11.7. The summed E-state index contributed by atoms with van der Waals surface area (Å²) >= 11 is 5.94. The molecule has 0 saturated carbocycles. The minimum atomic E-state index is -3.65. The monoisotopic (exact) mass is 308 g/mol. The van der Waals surface area contributed by atoms with Crippen LogP contribution in [0.2, 0.25) is 5.02 Å².